The fraction of sp³-hybridized carbons (Fsp3) is 0.116. The average molecular weight is 713 g/mol. The molecule has 0 atom stereocenters. The molecule has 0 spiro atoms. The normalized spacial score (nSPS) is 11.9. The number of hydrogen-bond acceptors (Lipinski definition) is 2. The fourth-order valence-electron chi connectivity index (χ4n) is 6.86. The molecule has 0 aliphatic heterocycles. The quantitative estimate of drug-likeness (QED) is 0.0978. The van der Waals surface area contributed by atoms with E-state index in [1.807, 2.05) is 29.2 Å². The summed E-state index contributed by atoms with van der Waals surface area (Å²) >= 11 is 0. The minimum absolute atomic E-state index is 0. The second kappa shape index (κ2) is 12.5. The first-order valence-electron chi connectivity index (χ1n) is 16.0. The van der Waals surface area contributed by atoms with E-state index in [0.717, 1.165) is 50.2 Å². The van der Waals surface area contributed by atoms with Crippen LogP contribution in [0, 0.1) is 12.1 Å². The largest absolute Gasteiger partial charge is 2.00 e. The third-order valence-corrected chi connectivity index (χ3v) is 9.15. The first-order chi connectivity index (χ1) is 22.9. The Morgan fingerprint density at radius 2 is 1.27 bits per heavy atom. The van der Waals surface area contributed by atoms with Gasteiger partial charge in [0.15, 0.2) is 0 Å². The Morgan fingerprint density at radius 3 is 1.92 bits per heavy atom. The molecule has 0 fully saturated rings. The Morgan fingerprint density at radius 1 is 0.583 bits per heavy atom. The zero-order chi connectivity index (χ0) is 32.0. The van der Waals surface area contributed by atoms with Gasteiger partial charge in [-0.15, -0.1) is 29.1 Å². The van der Waals surface area contributed by atoms with Gasteiger partial charge in [-0.2, -0.15) is 28.9 Å². The average Bonchev–Trinajstić information content (AvgIpc) is 3.76. The second-order valence-electron chi connectivity index (χ2n) is 13.0. The molecule has 0 radical (unpaired) electrons. The van der Waals surface area contributed by atoms with Gasteiger partial charge in [-0.25, -0.2) is 0 Å². The van der Waals surface area contributed by atoms with E-state index >= 15 is 0 Å². The summed E-state index contributed by atoms with van der Waals surface area (Å²) in [5, 5.41) is 6.81. The number of fused-ring (bicyclic) bond motifs is 3. The van der Waals surface area contributed by atoms with Gasteiger partial charge in [0.1, 0.15) is 0 Å². The first kappa shape index (κ1) is 31.5. The topological polar surface area (TPSA) is 35.6 Å². The van der Waals surface area contributed by atoms with Crippen LogP contribution >= 0.6 is 0 Å². The minimum Gasteiger partial charge on any atom is -0.358 e. The van der Waals surface area contributed by atoms with Gasteiger partial charge in [-0.05, 0) is 51.9 Å². The molecule has 0 unspecified atom stereocenters. The minimum atomic E-state index is -0.734. The van der Waals surface area contributed by atoms with Crippen molar-refractivity contribution >= 4 is 21.8 Å². The van der Waals surface area contributed by atoms with Crippen LogP contribution in [0.15, 0.2) is 152 Å². The van der Waals surface area contributed by atoms with Gasteiger partial charge in [0.2, 0.25) is 0 Å². The number of pyridine rings is 1. The molecule has 3 heterocycles. The number of nitrogens with zero attached hydrogens (tertiary/aromatic N) is 4. The molecule has 8 aromatic rings. The third kappa shape index (κ3) is 5.21. The summed E-state index contributed by atoms with van der Waals surface area (Å²) in [6, 6.07) is 54.8. The standard InChI is InChI=1S/C43H34N4.Pd/c1-42(2,3)33-27-34(43(31-15-6-4-7-16-31,32-17-8-5-9-18-32)41-21-12-13-24-44-41)29-36(28-33)47-39-20-11-10-19-37(39)38-23-22-35(30-40(38)47)46-26-14-25-45-46;/h4-28H,1-3H3;/q-2;+2. The second-order valence-corrected chi connectivity index (χ2v) is 13.0. The van der Waals surface area contributed by atoms with Gasteiger partial charge >= 0.3 is 20.4 Å². The smallest absolute Gasteiger partial charge is 0.358 e. The Balaban J connectivity index is 0.00000364. The summed E-state index contributed by atoms with van der Waals surface area (Å²) in [6.07, 6.45) is 5.64. The van der Waals surface area contributed by atoms with Crippen LogP contribution in [0.5, 0.6) is 0 Å². The Bertz CT molecular complexity index is 2220. The van der Waals surface area contributed by atoms with Crippen molar-refractivity contribution < 1.29 is 20.4 Å². The summed E-state index contributed by atoms with van der Waals surface area (Å²) in [4.78, 5) is 5.06. The number of hydrogen-bond donors (Lipinski definition) is 0. The van der Waals surface area contributed by atoms with E-state index in [0.29, 0.717) is 0 Å². The van der Waals surface area contributed by atoms with Gasteiger partial charge in [-0.3, -0.25) is 9.67 Å². The van der Waals surface area contributed by atoms with E-state index < -0.39 is 5.41 Å². The van der Waals surface area contributed by atoms with Crippen molar-refractivity contribution in [1.82, 2.24) is 19.3 Å². The molecule has 5 aromatic carbocycles. The number of para-hydroxylation sites is 1. The molecule has 5 heteroatoms. The van der Waals surface area contributed by atoms with Crippen molar-refractivity contribution in [3.8, 4) is 11.4 Å². The summed E-state index contributed by atoms with van der Waals surface area (Å²) in [5.74, 6) is 0. The predicted molar refractivity (Wildman–Crippen MR) is 190 cm³/mol. The van der Waals surface area contributed by atoms with Crippen molar-refractivity contribution in [3.63, 3.8) is 0 Å². The maximum atomic E-state index is 5.06. The van der Waals surface area contributed by atoms with Crippen LogP contribution in [0.4, 0.5) is 0 Å². The van der Waals surface area contributed by atoms with Crippen LogP contribution in [-0.4, -0.2) is 19.3 Å². The molecule has 0 aliphatic carbocycles. The van der Waals surface area contributed by atoms with Crippen LogP contribution in [0.3, 0.4) is 0 Å². The molecule has 4 nitrogen and oxygen atoms in total. The molecular formula is C43H34N4Pd. The summed E-state index contributed by atoms with van der Waals surface area (Å²) in [5.41, 5.74) is 8.50. The number of aromatic nitrogens is 4. The number of benzene rings is 5. The van der Waals surface area contributed by atoms with E-state index in [-0.39, 0.29) is 25.8 Å². The molecular weight excluding hydrogens is 679 g/mol. The monoisotopic (exact) mass is 712 g/mol. The predicted octanol–water partition coefficient (Wildman–Crippen LogP) is 9.64. The van der Waals surface area contributed by atoms with Crippen LogP contribution in [0.1, 0.15) is 48.7 Å². The maximum Gasteiger partial charge on any atom is 2.00 e. The van der Waals surface area contributed by atoms with E-state index in [1.165, 1.54) is 10.9 Å². The van der Waals surface area contributed by atoms with Gasteiger partial charge in [-0.1, -0.05) is 117 Å². The third-order valence-electron chi connectivity index (χ3n) is 9.15. The zero-order valence-electron chi connectivity index (χ0n) is 27.0. The van der Waals surface area contributed by atoms with Crippen LogP contribution in [0.2, 0.25) is 0 Å². The van der Waals surface area contributed by atoms with Crippen LogP contribution in [0.25, 0.3) is 33.2 Å². The summed E-state index contributed by atoms with van der Waals surface area (Å²) in [7, 11) is 0. The Hall–Kier alpha value is -5.08. The van der Waals surface area contributed by atoms with Crippen molar-refractivity contribution in [2.24, 2.45) is 0 Å². The van der Waals surface area contributed by atoms with Crippen molar-refractivity contribution in [2.45, 2.75) is 31.6 Å². The molecule has 0 saturated heterocycles. The van der Waals surface area contributed by atoms with Crippen LogP contribution < -0.4 is 0 Å². The van der Waals surface area contributed by atoms with E-state index in [1.54, 1.807) is 6.20 Å². The molecule has 8 rings (SSSR count). The molecule has 48 heavy (non-hydrogen) atoms. The fourth-order valence-corrected chi connectivity index (χ4v) is 6.86. The van der Waals surface area contributed by atoms with E-state index in [4.69, 9.17) is 4.98 Å². The zero-order valence-corrected chi connectivity index (χ0v) is 28.6. The van der Waals surface area contributed by atoms with E-state index in [9.17, 15) is 0 Å². The van der Waals surface area contributed by atoms with Gasteiger partial charge in [0.25, 0.3) is 0 Å². The number of rotatable bonds is 6. The molecule has 236 valence electrons. The van der Waals surface area contributed by atoms with Crippen molar-refractivity contribution in [2.75, 3.05) is 0 Å². The van der Waals surface area contributed by atoms with Gasteiger partial charge < -0.3 is 4.57 Å². The summed E-state index contributed by atoms with van der Waals surface area (Å²) in [6.45, 7) is 6.82. The van der Waals surface area contributed by atoms with Crippen molar-refractivity contribution in [1.29, 1.82) is 0 Å². The van der Waals surface area contributed by atoms with Crippen molar-refractivity contribution in [3.05, 3.63) is 192 Å². The summed E-state index contributed by atoms with van der Waals surface area (Å²) < 4.78 is 4.18. The Kier molecular flexibility index (Phi) is 8.21. The Labute approximate surface area is 295 Å². The molecule has 0 aliphatic rings. The molecule has 3 aromatic heterocycles. The molecule has 0 amide bonds. The maximum absolute atomic E-state index is 5.06. The van der Waals surface area contributed by atoms with Gasteiger partial charge in [0, 0.05) is 24.1 Å². The SMILES string of the molecule is CC(C)(C)c1cc(-n2c3[c-]c(-n4cccn4)ccc3c3ccccc32)[c-]c(C(c2ccccc2)(c2ccccc2)c2ccccn2)c1.[Pd+2]. The molecule has 0 saturated carbocycles. The molecule has 0 bridgehead atoms. The first-order valence-corrected chi connectivity index (χ1v) is 16.0. The van der Waals surface area contributed by atoms with E-state index in [2.05, 4.69) is 164 Å². The molecule has 0 N–H and O–H groups in total. The van der Waals surface area contributed by atoms with Crippen LogP contribution in [-0.2, 0) is 31.3 Å². The van der Waals surface area contributed by atoms with Gasteiger partial charge in [0.05, 0.1) is 11.1 Å².